The summed E-state index contributed by atoms with van der Waals surface area (Å²) in [6.07, 6.45) is 1.80. The molecule has 0 unspecified atom stereocenters. The Balaban J connectivity index is 2.76. The Morgan fingerprint density at radius 3 is 1.92 bits per heavy atom. The minimum absolute atomic E-state index is 0.0793. The van der Waals surface area contributed by atoms with Crippen molar-refractivity contribution in [3.8, 4) is 0 Å². The average Bonchev–Trinajstić information content (AvgIpc) is 2.55. The fraction of sp³-hybridized carbons (Fsp3) is 0.611. The van der Waals surface area contributed by atoms with E-state index in [1.807, 2.05) is 34.6 Å². The van der Waals surface area contributed by atoms with Gasteiger partial charge in [-0.2, -0.15) is 0 Å². The Morgan fingerprint density at radius 2 is 1.40 bits per heavy atom. The first-order valence-corrected chi connectivity index (χ1v) is 10.1. The van der Waals surface area contributed by atoms with Gasteiger partial charge in [-0.3, -0.25) is 4.79 Å². The van der Waals surface area contributed by atoms with E-state index < -0.39 is 10.0 Å². The summed E-state index contributed by atoms with van der Waals surface area (Å²) in [7, 11) is -3.65. The highest BCUT2D eigenvalue weighted by atomic mass is 32.2. The van der Waals surface area contributed by atoms with E-state index in [1.54, 1.807) is 0 Å². The van der Waals surface area contributed by atoms with Crippen LogP contribution in [0.5, 0.6) is 0 Å². The highest BCUT2D eigenvalue weighted by molar-refractivity contribution is 7.89. The molecule has 4 N–H and O–H groups in total. The van der Waals surface area contributed by atoms with Gasteiger partial charge in [0.1, 0.15) is 0 Å². The van der Waals surface area contributed by atoms with Crippen LogP contribution in [0.15, 0.2) is 4.90 Å². The second-order valence-corrected chi connectivity index (χ2v) is 8.15. The van der Waals surface area contributed by atoms with Gasteiger partial charge in [0.15, 0.2) is 0 Å². The maximum absolute atomic E-state index is 12.7. The first-order valence-electron chi connectivity index (χ1n) is 8.66. The number of hydrogen-bond acceptors (Lipinski definition) is 4. The van der Waals surface area contributed by atoms with Crippen molar-refractivity contribution < 1.29 is 13.2 Å². The van der Waals surface area contributed by atoms with Gasteiger partial charge in [0.05, 0.1) is 4.90 Å². The zero-order valence-electron chi connectivity index (χ0n) is 16.0. The molecule has 0 aromatic heterocycles. The Morgan fingerprint density at radius 1 is 0.880 bits per heavy atom. The monoisotopic (exact) mass is 369 g/mol. The van der Waals surface area contributed by atoms with Crippen molar-refractivity contribution in [2.45, 2.75) is 58.8 Å². The van der Waals surface area contributed by atoms with Crippen LogP contribution in [0.3, 0.4) is 0 Å². The predicted molar refractivity (Wildman–Crippen MR) is 101 cm³/mol. The molecule has 0 aliphatic heterocycles. The molecular formula is C18H31N3O3S. The standard InChI is InChI=1S/C18H31N3O3S/c1-12-13(2)15(4)18(16(5)14(12)3)25(23,24)21-11-8-17(22)20-10-7-6-9-19/h21H,6-11,19H2,1-5H3,(H,20,22). The van der Waals surface area contributed by atoms with Gasteiger partial charge in [-0.15, -0.1) is 0 Å². The first-order chi connectivity index (χ1) is 11.6. The van der Waals surface area contributed by atoms with Crippen molar-refractivity contribution in [2.75, 3.05) is 19.6 Å². The number of benzene rings is 1. The molecule has 0 aliphatic rings. The lowest BCUT2D eigenvalue weighted by molar-refractivity contribution is -0.120. The SMILES string of the molecule is Cc1c(C)c(C)c(S(=O)(=O)NCCC(=O)NCCCCN)c(C)c1C. The summed E-state index contributed by atoms with van der Waals surface area (Å²) >= 11 is 0. The summed E-state index contributed by atoms with van der Waals surface area (Å²) < 4.78 is 28.0. The van der Waals surface area contributed by atoms with Crippen molar-refractivity contribution >= 4 is 15.9 Å². The lowest BCUT2D eigenvalue weighted by atomic mass is 9.95. The third kappa shape index (κ3) is 5.52. The van der Waals surface area contributed by atoms with Gasteiger partial charge in [0, 0.05) is 19.5 Å². The van der Waals surface area contributed by atoms with E-state index in [9.17, 15) is 13.2 Å². The average molecular weight is 370 g/mol. The molecule has 0 spiro atoms. The first kappa shape index (κ1) is 21.6. The summed E-state index contributed by atoms with van der Waals surface area (Å²) in [6, 6.07) is 0. The van der Waals surface area contributed by atoms with Crippen LogP contribution >= 0.6 is 0 Å². The van der Waals surface area contributed by atoms with Crippen LogP contribution in [-0.2, 0) is 14.8 Å². The van der Waals surface area contributed by atoms with E-state index in [-0.39, 0.29) is 18.9 Å². The van der Waals surface area contributed by atoms with Crippen LogP contribution in [0.1, 0.15) is 47.1 Å². The topological polar surface area (TPSA) is 101 Å². The molecule has 0 aliphatic carbocycles. The number of rotatable bonds is 9. The van der Waals surface area contributed by atoms with Gasteiger partial charge >= 0.3 is 0 Å². The normalized spacial score (nSPS) is 11.6. The minimum Gasteiger partial charge on any atom is -0.356 e. The molecule has 0 bridgehead atoms. The molecule has 1 aromatic rings. The molecule has 1 rings (SSSR count). The highest BCUT2D eigenvalue weighted by Gasteiger charge is 2.23. The van der Waals surface area contributed by atoms with Crippen LogP contribution in [0.25, 0.3) is 0 Å². The molecule has 1 aromatic carbocycles. The maximum atomic E-state index is 12.7. The quantitative estimate of drug-likeness (QED) is 0.577. The smallest absolute Gasteiger partial charge is 0.241 e. The highest BCUT2D eigenvalue weighted by Crippen LogP contribution is 2.29. The van der Waals surface area contributed by atoms with Crippen molar-refractivity contribution in [3.05, 3.63) is 27.8 Å². The van der Waals surface area contributed by atoms with Gasteiger partial charge in [-0.05, 0) is 81.8 Å². The lowest BCUT2D eigenvalue weighted by Gasteiger charge is -2.19. The zero-order chi connectivity index (χ0) is 19.2. The molecule has 1 amide bonds. The van der Waals surface area contributed by atoms with Crippen LogP contribution < -0.4 is 15.8 Å². The number of nitrogens with one attached hydrogen (secondary N) is 2. The van der Waals surface area contributed by atoms with E-state index in [2.05, 4.69) is 10.0 Å². The number of sulfonamides is 1. The third-order valence-electron chi connectivity index (χ3n) is 4.80. The number of unbranched alkanes of at least 4 members (excludes halogenated alkanes) is 1. The second kappa shape index (κ2) is 9.31. The van der Waals surface area contributed by atoms with E-state index in [1.165, 1.54) is 0 Å². The molecule has 0 saturated heterocycles. The number of carbonyl (C=O) groups excluding carboxylic acids is 1. The summed E-state index contributed by atoms with van der Waals surface area (Å²) in [4.78, 5) is 12.1. The Bertz CT molecular complexity index is 699. The fourth-order valence-corrected chi connectivity index (χ4v) is 4.45. The van der Waals surface area contributed by atoms with Gasteiger partial charge in [0.2, 0.25) is 15.9 Å². The Hall–Kier alpha value is -1.44. The molecule has 25 heavy (non-hydrogen) atoms. The Kier molecular flexibility index (Phi) is 8.05. The van der Waals surface area contributed by atoms with E-state index in [0.29, 0.717) is 18.0 Å². The summed E-state index contributed by atoms with van der Waals surface area (Å²) in [5, 5.41) is 2.76. The molecule has 0 radical (unpaired) electrons. The lowest BCUT2D eigenvalue weighted by Crippen LogP contribution is -2.32. The summed E-state index contributed by atoms with van der Waals surface area (Å²) in [5.74, 6) is -0.163. The van der Waals surface area contributed by atoms with Gasteiger partial charge in [-0.25, -0.2) is 13.1 Å². The van der Waals surface area contributed by atoms with Crippen molar-refractivity contribution in [1.82, 2.24) is 10.0 Å². The van der Waals surface area contributed by atoms with Gasteiger partial charge < -0.3 is 11.1 Å². The number of hydrogen-bond donors (Lipinski definition) is 3. The number of nitrogens with two attached hydrogens (primary N) is 1. The van der Waals surface area contributed by atoms with Crippen LogP contribution in [0, 0.1) is 34.6 Å². The van der Waals surface area contributed by atoms with Crippen molar-refractivity contribution in [2.24, 2.45) is 5.73 Å². The molecule has 0 atom stereocenters. The maximum Gasteiger partial charge on any atom is 0.241 e. The summed E-state index contributed by atoms with van der Waals surface area (Å²) in [5.41, 5.74) is 10.0. The molecule has 0 heterocycles. The molecule has 0 fully saturated rings. The van der Waals surface area contributed by atoms with Crippen LogP contribution in [0.4, 0.5) is 0 Å². The zero-order valence-corrected chi connectivity index (χ0v) is 16.8. The van der Waals surface area contributed by atoms with Crippen LogP contribution in [-0.4, -0.2) is 34.0 Å². The summed E-state index contributed by atoms with van der Waals surface area (Å²) in [6.45, 7) is 10.8. The minimum atomic E-state index is -3.65. The van der Waals surface area contributed by atoms with E-state index in [4.69, 9.17) is 5.73 Å². The fourth-order valence-electron chi connectivity index (χ4n) is 2.83. The van der Waals surface area contributed by atoms with Crippen molar-refractivity contribution in [3.63, 3.8) is 0 Å². The van der Waals surface area contributed by atoms with Crippen molar-refractivity contribution in [1.29, 1.82) is 0 Å². The molecule has 6 nitrogen and oxygen atoms in total. The largest absolute Gasteiger partial charge is 0.356 e. The molecule has 7 heteroatoms. The van der Waals surface area contributed by atoms with E-state index >= 15 is 0 Å². The molecular weight excluding hydrogens is 338 g/mol. The Labute approximate surface area is 151 Å². The van der Waals surface area contributed by atoms with Gasteiger partial charge in [-0.1, -0.05) is 0 Å². The second-order valence-electron chi connectivity index (χ2n) is 6.45. The molecule has 142 valence electrons. The van der Waals surface area contributed by atoms with Crippen LogP contribution in [0.2, 0.25) is 0 Å². The number of carbonyl (C=O) groups is 1. The predicted octanol–water partition coefficient (Wildman–Crippen LogP) is 1.75. The third-order valence-corrected chi connectivity index (χ3v) is 6.53. The van der Waals surface area contributed by atoms with E-state index in [0.717, 1.165) is 40.7 Å². The van der Waals surface area contributed by atoms with Gasteiger partial charge in [0.25, 0.3) is 0 Å². The molecule has 0 saturated carbocycles. The number of amides is 1.